The molecule has 1 N–H and O–H groups in total. The Bertz CT molecular complexity index is 445. The van der Waals surface area contributed by atoms with E-state index in [4.69, 9.17) is 9.47 Å². The van der Waals surface area contributed by atoms with Crippen LogP contribution < -0.4 is 5.32 Å². The minimum atomic E-state index is 0.323. The number of likely N-dealkylation sites (tertiary alicyclic amines) is 2. The van der Waals surface area contributed by atoms with Gasteiger partial charge in [0.15, 0.2) is 5.96 Å². The number of nitrogens with zero attached hydrogens (tertiary/aromatic N) is 3. The van der Waals surface area contributed by atoms with Gasteiger partial charge in [0.2, 0.25) is 0 Å². The first-order valence-corrected chi connectivity index (χ1v) is 11.2. The molecular formula is C21H40N4O2. The summed E-state index contributed by atoms with van der Waals surface area (Å²) in [6, 6.07) is 0. The molecule has 0 aromatic heterocycles. The van der Waals surface area contributed by atoms with Crippen molar-refractivity contribution in [3.63, 3.8) is 0 Å². The lowest BCUT2D eigenvalue weighted by Gasteiger charge is -2.35. The summed E-state index contributed by atoms with van der Waals surface area (Å²) in [5.41, 5.74) is 0. The predicted octanol–water partition coefficient (Wildman–Crippen LogP) is 2.34. The van der Waals surface area contributed by atoms with Gasteiger partial charge in [-0.2, -0.15) is 0 Å². The summed E-state index contributed by atoms with van der Waals surface area (Å²) in [4.78, 5) is 9.48. The third-order valence-electron chi connectivity index (χ3n) is 6.20. The first kappa shape index (κ1) is 20.9. The Morgan fingerprint density at radius 2 is 1.96 bits per heavy atom. The van der Waals surface area contributed by atoms with Crippen molar-refractivity contribution in [2.75, 3.05) is 59.5 Å². The minimum absolute atomic E-state index is 0.323. The van der Waals surface area contributed by atoms with Crippen molar-refractivity contribution < 1.29 is 9.47 Å². The van der Waals surface area contributed by atoms with E-state index in [1.165, 1.54) is 38.8 Å². The van der Waals surface area contributed by atoms with Crippen molar-refractivity contribution in [3.05, 3.63) is 0 Å². The zero-order valence-electron chi connectivity index (χ0n) is 17.5. The molecule has 0 spiro atoms. The van der Waals surface area contributed by atoms with Gasteiger partial charge in [0.25, 0.3) is 0 Å². The van der Waals surface area contributed by atoms with Crippen LogP contribution in [-0.2, 0) is 9.47 Å². The molecule has 3 aliphatic rings. The molecule has 6 heteroatoms. The molecule has 0 saturated carbocycles. The van der Waals surface area contributed by atoms with Crippen LogP contribution in [0.1, 0.15) is 51.9 Å². The number of hydrogen-bond acceptors (Lipinski definition) is 4. The maximum Gasteiger partial charge on any atom is 0.193 e. The summed E-state index contributed by atoms with van der Waals surface area (Å²) >= 11 is 0. The zero-order valence-corrected chi connectivity index (χ0v) is 17.5. The highest BCUT2D eigenvalue weighted by atomic mass is 16.5. The molecule has 3 rings (SSSR count). The molecule has 0 bridgehead atoms. The number of aliphatic imine (C=N–C) groups is 1. The van der Waals surface area contributed by atoms with E-state index in [-0.39, 0.29) is 0 Å². The predicted molar refractivity (Wildman–Crippen MR) is 110 cm³/mol. The first-order chi connectivity index (χ1) is 13.2. The molecule has 3 aliphatic heterocycles. The second kappa shape index (κ2) is 11.2. The van der Waals surface area contributed by atoms with Crippen LogP contribution in [0.5, 0.6) is 0 Å². The van der Waals surface area contributed by atoms with Gasteiger partial charge in [-0.25, -0.2) is 0 Å². The Kier molecular flexibility index (Phi) is 8.68. The molecule has 3 saturated heterocycles. The fraction of sp³-hybridized carbons (Fsp3) is 0.952. The second-order valence-electron chi connectivity index (χ2n) is 8.53. The highest BCUT2D eigenvalue weighted by molar-refractivity contribution is 5.79. The van der Waals surface area contributed by atoms with Crippen molar-refractivity contribution in [1.29, 1.82) is 0 Å². The first-order valence-electron chi connectivity index (χ1n) is 11.2. The van der Waals surface area contributed by atoms with Gasteiger partial charge in [0.1, 0.15) is 0 Å². The lowest BCUT2D eigenvalue weighted by molar-refractivity contribution is -0.0721. The van der Waals surface area contributed by atoms with Crippen LogP contribution in [0.2, 0.25) is 0 Å². The molecule has 0 radical (unpaired) electrons. The van der Waals surface area contributed by atoms with E-state index in [1.807, 2.05) is 7.05 Å². The summed E-state index contributed by atoms with van der Waals surface area (Å²) in [6.45, 7) is 10.7. The number of nitrogens with one attached hydrogen (secondary N) is 1. The van der Waals surface area contributed by atoms with E-state index < -0.39 is 0 Å². The summed E-state index contributed by atoms with van der Waals surface area (Å²) in [7, 11) is 1.90. The van der Waals surface area contributed by atoms with Crippen LogP contribution in [0, 0.1) is 5.92 Å². The smallest absolute Gasteiger partial charge is 0.193 e. The highest BCUT2D eigenvalue weighted by Gasteiger charge is 2.24. The van der Waals surface area contributed by atoms with E-state index in [9.17, 15) is 0 Å². The summed E-state index contributed by atoms with van der Waals surface area (Å²) in [5, 5.41) is 3.57. The summed E-state index contributed by atoms with van der Waals surface area (Å²) in [6.07, 6.45) is 9.23. The molecule has 3 heterocycles. The van der Waals surface area contributed by atoms with Crippen molar-refractivity contribution in [2.24, 2.45) is 10.9 Å². The Labute approximate surface area is 165 Å². The SMILES string of the molecule is CN=C(NCCN1CCCC(C)C1)N1CCC(OCC2CCCCO2)CC1. The zero-order chi connectivity index (χ0) is 18.9. The van der Waals surface area contributed by atoms with E-state index in [2.05, 4.69) is 27.0 Å². The molecule has 156 valence electrons. The van der Waals surface area contributed by atoms with Gasteiger partial charge in [-0.1, -0.05) is 6.92 Å². The molecule has 0 aromatic rings. The molecule has 0 aromatic carbocycles. The summed E-state index contributed by atoms with van der Waals surface area (Å²) in [5.74, 6) is 1.89. The Morgan fingerprint density at radius 3 is 2.67 bits per heavy atom. The van der Waals surface area contributed by atoms with Gasteiger partial charge in [0, 0.05) is 46.4 Å². The van der Waals surface area contributed by atoms with Crippen molar-refractivity contribution in [3.8, 4) is 0 Å². The Morgan fingerprint density at radius 1 is 1.11 bits per heavy atom. The van der Waals surface area contributed by atoms with Gasteiger partial charge < -0.3 is 24.6 Å². The molecular weight excluding hydrogens is 340 g/mol. The van der Waals surface area contributed by atoms with Crippen molar-refractivity contribution in [2.45, 2.75) is 64.1 Å². The van der Waals surface area contributed by atoms with Crippen LogP contribution in [-0.4, -0.2) is 87.5 Å². The third kappa shape index (κ3) is 6.91. The highest BCUT2D eigenvalue weighted by Crippen LogP contribution is 2.18. The lowest BCUT2D eigenvalue weighted by Crippen LogP contribution is -2.49. The van der Waals surface area contributed by atoms with E-state index >= 15 is 0 Å². The molecule has 6 nitrogen and oxygen atoms in total. The maximum atomic E-state index is 6.14. The van der Waals surface area contributed by atoms with Gasteiger partial charge in [0.05, 0.1) is 18.8 Å². The minimum Gasteiger partial charge on any atom is -0.376 e. The largest absolute Gasteiger partial charge is 0.376 e. The molecule has 27 heavy (non-hydrogen) atoms. The average molecular weight is 381 g/mol. The fourth-order valence-electron chi connectivity index (χ4n) is 4.56. The number of rotatable bonds is 6. The van der Waals surface area contributed by atoms with Gasteiger partial charge in [-0.3, -0.25) is 4.99 Å². The van der Waals surface area contributed by atoms with Gasteiger partial charge in [-0.15, -0.1) is 0 Å². The molecule has 3 fully saturated rings. The normalized spacial score (nSPS) is 29.1. The van der Waals surface area contributed by atoms with Crippen LogP contribution in [0.25, 0.3) is 0 Å². The number of piperidine rings is 2. The summed E-state index contributed by atoms with van der Waals surface area (Å²) < 4.78 is 11.9. The van der Waals surface area contributed by atoms with E-state index in [1.54, 1.807) is 0 Å². The standard InChI is InChI=1S/C21H40N4O2/c1-18-6-5-11-24(16-18)14-10-23-21(22-2)25-12-8-19(9-13-25)27-17-20-7-3-4-15-26-20/h18-20H,3-17H2,1-2H3,(H,22,23). The third-order valence-corrected chi connectivity index (χ3v) is 6.20. The number of hydrogen-bond donors (Lipinski definition) is 1. The fourth-order valence-corrected chi connectivity index (χ4v) is 4.56. The molecule has 0 aliphatic carbocycles. The Balaban J connectivity index is 1.31. The van der Waals surface area contributed by atoms with Crippen molar-refractivity contribution >= 4 is 5.96 Å². The molecule has 2 atom stereocenters. The topological polar surface area (TPSA) is 49.3 Å². The van der Waals surface area contributed by atoms with Crippen LogP contribution in [0.4, 0.5) is 0 Å². The van der Waals surface area contributed by atoms with Crippen molar-refractivity contribution in [1.82, 2.24) is 15.1 Å². The average Bonchev–Trinajstić information content (AvgIpc) is 2.71. The van der Waals surface area contributed by atoms with E-state index in [0.717, 1.165) is 70.5 Å². The molecule has 2 unspecified atom stereocenters. The molecule has 0 amide bonds. The second-order valence-corrected chi connectivity index (χ2v) is 8.53. The van der Waals surface area contributed by atoms with Crippen LogP contribution in [0.15, 0.2) is 4.99 Å². The lowest BCUT2D eigenvalue weighted by atomic mass is 10.0. The quantitative estimate of drug-likeness (QED) is 0.566. The van der Waals surface area contributed by atoms with Crippen LogP contribution in [0.3, 0.4) is 0 Å². The Hall–Kier alpha value is -0.850. The van der Waals surface area contributed by atoms with Gasteiger partial charge in [-0.05, 0) is 57.4 Å². The number of guanidine groups is 1. The van der Waals surface area contributed by atoms with Crippen LogP contribution >= 0.6 is 0 Å². The monoisotopic (exact) mass is 380 g/mol. The number of ether oxygens (including phenoxy) is 2. The maximum absolute atomic E-state index is 6.14. The van der Waals surface area contributed by atoms with E-state index in [0.29, 0.717) is 12.2 Å². The van der Waals surface area contributed by atoms with Gasteiger partial charge >= 0.3 is 0 Å².